The van der Waals surface area contributed by atoms with Crippen LogP contribution in [0, 0.1) is 6.92 Å². The number of amides is 2. The van der Waals surface area contributed by atoms with Crippen molar-refractivity contribution in [1.82, 2.24) is 15.6 Å². The first-order chi connectivity index (χ1) is 13.5. The molecule has 2 amide bonds. The molecular formula is C21H21N3O4. The Balaban J connectivity index is 1.54. The summed E-state index contributed by atoms with van der Waals surface area (Å²) < 4.78 is 5.09. The summed E-state index contributed by atoms with van der Waals surface area (Å²) in [6.45, 7) is 2.10. The first-order valence-electron chi connectivity index (χ1n) is 8.83. The molecule has 144 valence electrons. The number of carbonyl (C=O) groups excluding carboxylic acids is 3. The number of aryl methyl sites for hydroxylation is 1. The number of aromatic amines is 1. The number of ketones is 1. The summed E-state index contributed by atoms with van der Waals surface area (Å²) in [5.41, 5.74) is 2.28. The van der Waals surface area contributed by atoms with Crippen molar-refractivity contribution >= 4 is 28.5 Å². The van der Waals surface area contributed by atoms with Crippen molar-refractivity contribution in [2.24, 2.45) is 0 Å². The largest absolute Gasteiger partial charge is 0.497 e. The lowest BCUT2D eigenvalue weighted by Crippen LogP contribution is -2.38. The van der Waals surface area contributed by atoms with Gasteiger partial charge < -0.3 is 20.4 Å². The van der Waals surface area contributed by atoms with Crippen LogP contribution in [-0.4, -0.2) is 42.8 Å². The minimum atomic E-state index is -0.705. The zero-order valence-electron chi connectivity index (χ0n) is 15.7. The zero-order chi connectivity index (χ0) is 20.1. The van der Waals surface area contributed by atoms with Crippen molar-refractivity contribution in [3.05, 3.63) is 65.4 Å². The van der Waals surface area contributed by atoms with E-state index in [1.165, 1.54) is 7.11 Å². The van der Waals surface area contributed by atoms with Crippen LogP contribution in [-0.2, 0) is 4.79 Å². The van der Waals surface area contributed by atoms with Crippen molar-refractivity contribution in [2.45, 2.75) is 6.92 Å². The lowest BCUT2D eigenvalue weighted by molar-refractivity contribution is -0.116. The van der Waals surface area contributed by atoms with Crippen molar-refractivity contribution in [3.63, 3.8) is 0 Å². The summed E-state index contributed by atoms with van der Waals surface area (Å²) in [6, 6.07) is 14.1. The number of hydrogen-bond acceptors (Lipinski definition) is 4. The van der Waals surface area contributed by atoms with Crippen LogP contribution in [0.2, 0.25) is 0 Å². The monoisotopic (exact) mass is 379 g/mol. The van der Waals surface area contributed by atoms with E-state index in [-0.39, 0.29) is 19.0 Å². The maximum Gasteiger partial charge on any atom is 0.292 e. The first-order valence-corrected chi connectivity index (χ1v) is 8.83. The number of hydrogen-bond donors (Lipinski definition) is 3. The summed E-state index contributed by atoms with van der Waals surface area (Å²) in [7, 11) is 1.53. The Morgan fingerprint density at radius 1 is 1.00 bits per heavy atom. The Hall–Kier alpha value is -3.61. The molecule has 0 radical (unpaired) electrons. The number of para-hydroxylation sites is 1. The van der Waals surface area contributed by atoms with E-state index in [0.29, 0.717) is 28.0 Å². The number of fused-ring (bicyclic) bond motifs is 1. The van der Waals surface area contributed by atoms with E-state index in [1.54, 1.807) is 37.3 Å². The highest BCUT2D eigenvalue weighted by Gasteiger charge is 2.22. The fraction of sp³-hybridized carbons (Fsp3) is 0.190. The maximum atomic E-state index is 12.5. The van der Waals surface area contributed by atoms with Crippen molar-refractivity contribution in [3.8, 4) is 5.75 Å². The number of nitrogens with one attached hydrogen (secondary N) is 3. The van der Waals surface area contributed by atoms with Crippen molar-refractivity contribution in [2.75, 3.05) is 20.2 Å². The van der Waals surface area contributed by atoms with Gasteiger partial charge in [-0.2, -0.15) is 0 Å². The smallest absolute Gasteiger partial charge is 0.292 e. The Morgan fingerprint density at radius 2 is 1.75 bits per heavy atom. The summed E-state index contributed by atoms with van der Waals surface area (Å²) in [6.07, 6.45) is 0. The molecule has 7 heteroatoms. The normalized spacial score (nSPS) is 10.5. The molecule has 28 heavy (non-hydrogen) atoms. The predicted molar refractivity (Wildman–Crippen MR) is 106 cm³/mol. The van der Waals surface area contributed by atoms with E-state index >= 15 is 0 Å². The van der Waals surface area contributed by atoms with Crippen LogP contribution in [0.3, 0.4) is 0 Å². The minimum absolute atomic E-state index is 0.141. The highest BCUT2D eigenvalue weighted by molar-refractivity contribution is 6.45. The number of methoxy groups -OCH3 is 1. The Kier molecular flexibility index (Phi) is 5.74. The number of ether oxygens (including phenoxy) is 1. The number of H-pyrrole nitrogens is 1. The molecular weight excluding hydrogens is 358 g/mol. The van der Waals surface area contributed by atoms with Crippen molar-refractivity contribution < 1.29 is 19.1 Å². The van der Waals surface area contributed by atoms with E-state index < -0.39 is 11.7 Å². The number of carbonyl (C=O) groups is 3. The van der Waals surface area contributed by atoms with E-state index in [2.05, 4.69) is 15.6 Å². The van der Waals surface area contributed by atoms with Gasteiger partial charge in [0.05, 0.1) is 12.7 Å². The second-order valence-electron chi connectivity index (χ2n) is 6.24. The molecule has 1 heterocycles. The van der Waals surface area contributed by atoms with Crippen LogP contribution < -0.4 is 15.4 Å². The van der Waals surface area contributed by atoms with Gasteiger partial charge in [-0.1, -0.05) is 24.3 Å². The quantitative estimate of drug-likeness (QED) is 0.333. The molecule has 3 N–H and O–H groups in total. The Labute approximate surface area is 162 Å². The van der Waals surface area contributed by atoms with E-state index in [1.807, 2.05) is 18.2 Å². The summed E-state index contributed by atoms with van der Waals surface area (Å²) in [5.74, 6) is -1.01. The molecule has 0 saturated carbocycles. The summed E-state index contributed by atoms with van der Waals surface area (Å²) in [4.78, 5) is 40.0. The third-order valence-corrected chi connectivity index (χ3v) is 4.35. The molecule has 0 aliphatic heterocycles. The standard InChI is InChI=1S/C21H21N3O4/c1-13-18(16-8-3-4-9-17(16)24-13)19(25)21(27)23-11-10-22-20(26)14-6-5-7-15(12-14)28-2/h3-9,12,24H,10-11H2,1-2H3,(H,22,26)(H,23,27). The van der Waals surface area contributed by atoms with E-state index in [4.69, 9.17) is 4.74 Å². The molecule has 0 saturated heterocycles. The SMILES string of the molecule is COc1cccc(C(=O)NCCNC(=O)C(=O)c2c(C)[nH]c3ccccc23)c1. The van der Waals surface area contributed by atoms with Crippen LogP contribution in [0.25, 0.3) is 10.9 Å². The van der Waals surface area contributed by atoms with Gasteiger partial charge in [-0.25, -0.2) is 0 Å². The molecule has 0 unspecified atom stereocenters. The first kappa shape index (κ1) is 19.2. The minimum Gasteiger partial charge on any atom is -0.497 e. The van der Waals surface area contributed by atoms with E-state index in [0.717, 1.165) is 5.52 Å². The molecule has 0 aliphatic rings. The molecule has 0 spiro atoms. The summed E-state index contributed by atoms with van der Waals surface area (Å²) >= 11 is 0. The van der Waals surface area contributed by atoms with Gasteiger partial charge in [-0.15, -0.1) is 0 Å². The highest BCUT2D eigenvalue weighted by atomic mass is 16.5. The molecule has 3 aromatic rings. The molecule has 0 atom stereocenters. The predicted octanol–water partition coefficient (Wildman–Crippen LogP) is 2.21. The van der Waals surface area contributed by atoms with Gasteiger partial charge in [0, 0.05) is 35.2 Å². The highest BCUT2D eigenvalue weighted by Crippen LogP contribution is 2.22. The lowest BCUT2D eigenvalue weighted by Gasteiger charge is -2.08. The van der Waals surface area contributed by atoms with Gasteiger partial charge >= 0.3 is 0 Å². The fourth-order valence-corrected chi connectivity index (χ4v) is 2.98. The summed E-state index contributed by atoms with van der Waals surface area (Å²) in [5, 5.41) is 5.96. The average Bonchev–Trinajstić information content (AvgIpc) is 3.05. The topological polar surface area (TPSA) is 100 Å². The van der Waals surface area contributed by atoms with Crippen LogP contribution in [0.15, 0.2) is 48.5 Å². The van der Waals surface area contributed by atoms with Gasteiger partial charge in [0.2, 0.25) is 0 Å². The maximum absolute atomic E-state index is 12.5. The van der Waals surface area contributed by atoms with Gasteiger partial charge in [0.1, 0.15) is 5.75 Å². The molecule has 0 fully saturated rings. The number of aromatic nitrogens is 1. The van der Waals surface area contributed by atoms with Crippen molar-refractivity contribution in [1.29, 1.82) is 0 Å². The third-order valence-electron chi connectivity index (χ3n) is 4.35. The molecule has 1 aromatic heterocycles. The number of benzene rings is 2. The van der Waals surface area contributed by atoms with Crippen LogP contribution in [0.1, 0.15) is 26.4 Å². The van der Waals surface area contributed by atoms with Gasteiger partial charge in [0.25, 0.3) is 17.6 Å². The van der Waals surface area contributed by atoms with E-state index in [9.17, 15) is 14.4 Å². The number of rotatable bonds is 7. The third kappa shape index (κ3) is 4.03. The van der Waals surface area contributed by atoms with Crippen LogP contribution in [0.4, 0.5) is 0 Å². The average molecular weight is 379 g/mol. The van der Waals surface area contributed by atoms with Gasteiger partial charge in [0.15, 0.2) is 0 Å². The fourth-order valence-electron chi connectivity index (χ4n) is 2.98. The molecule has 0 bridgehead atoms. The zero-order valence-corrected chi connectivity index (χ0v) is 15.7. The van der Waals surface area contributed by atoms with Gasteiger partial charge in [-0.05, 0) is 31.2 Å². The molecule has 3 rings (SSSR count). The lowest BCUT2D eigenvalue weighted by atomic mass is 10.1. The van der Waals surface area contributed by atoms with Crippen LogP contribution >= 0.6 is 0 Å². The second kappa shape index (κ2) is 8.39. The Bertz CT molecular complexity index is 1040. The van der Waals surface area contributed by atoms with Gasteiger partial charge in [-0.3, -0.25) is 14.4 Å². The molecule has 7 nitrogen and oxygen atoms in total. The number of Topliss-reactive ketones (excluding diaryl/α,β-unsaturated/α-hetero) is 1. The second-order valence-corrected chi connectivity index (χ2v) is 6.24. The molecule has 2 aromatic carbocycles. The molecule has 0 aliphatic carbocycles. The van der Waals surface area contributed by atoms with Crippen LogP contribution in [0.5, 0.6) is 5.75 Å². The Morgan fingerprint density at radius 3 is 2.54 bits per heavy atom.